The van der Waals surface area contributed by atoms with E-state index in [9.17, 15) is 0 Å². The smallest absolute Gasteiger partial charge is 0.119 e. The van der Waals surface area contributed by atoms with Crippen molar-refractivity contribution in [3.63, 3.8) is 0 Å². The molecule has 0 aliphatic rings. The minimum absolute atomic E-state index is 0.177. The molecule has 2 heteroatoms. The Bertz CT molecular complexity index is 506. The first-order valence-electron chi connectivity index (χ1n) is 7.36. The van der Waals surface area contributed by atoms with Crippen LogP contribution in [0.3, 0.4) is 0 Å². The molecule has 2 rings (SSSR count). The molecule has 0 fully saturated rings. The molecule has 21 heavy (non-hydrogen) atoms. The van der Waals surface area contributed by atoms with Crippen LogP contribution in [0.1, 0.15) is 30.9 Å². The Morgan fingerprint density at radius 1 is 0.810 bits per heavy atom. The van der Waals surface area contributed by atoms with Gasteiger partial charge >= 0.3 is 0 Å². The number of ether oxygens (including phenoxy) is 2. The van der Waals surface area contributed by atoms with Crippen molar-refractivity contribution in [1.82, 2.24) is 0 Å². The van der Waals surface area contributed by atoms with E-state index in [1.165, 1.54) is 11.1 Å². The summed E-state index contributed by atoms with van der Waals surface area (Å²) in [5.41, 5.74) is 2.41. The summed E-state index contributed by atoms with van der Waals surface area (Å²) < 4.78 is 11.0. The zero-order chi connectivity index (χ0) is 15.1. The van der Waals surface area contributed by atoms with E-state index < -0.39 is 0 Å². The molecule has 110 valence electrons. The molecular weight excluding hydrogens is 260 g/mol. The van der Waals surface area contributed by atoms with Crippen molar-refractivity contribution >= 4 is 0 Å². The van der Waals surface area contributed by atoms with Crippen molar-refractivity contribution in [3.8, 4) is 11.5 Å². The normalized spacial score (nSPS) is 10.4. The van der Waals surface area contributed by atoms with E-state index in [0.29, 0.717) is 13.2 Å². The van der Waals surface area contributed by atoms with E-state index >= 15 is 0 Å². The second-order valence-corrected chi connectivity index (χ2v) is 4.72. The Kier molecular flexibility index (Phi) is 5.44. The summed E-state index contributed by atoms with van der Waals surface area (Å²) in [6.45, 7) is 9.31. The van der Waals surface area contributed by atoms with E-state index in [4.69, 9.17) is 9.47 Å². The largest absolute Gasteiger partial charge is 0.494 e. The molecule has 0 saturated heterocycles. The minimum Gasteiger partial charge on any atom is -0.494 e. The van der Waals surface area contributed by atoms with E-state index in [2.05, 4.69) is 30.8 Å². The quantitative estimate of drug-likeness (QED) is 0.679. The first kappa shape index (κ1) is 15.2. The maximum Gasteiger partial charge on any atom is 0.119 e. The molecule has 0 bridgehead atoms. The highest BCUT2D eigenvalue weighted by atomic mass is 16.5. The molecule has 0 unspecified atom stereocenters. The van der Waals surface area contributed by atoms with Crippen LogP contribution in [-0.4, -0.2) is 13.2 Å². The summed E-state index contributed by atoms with van der Waals surface area (Å²) in [6, 6.07) is 16.4. The Labute approximate surface area is 127 Å². The molecule has 0 aromatic heterocycles. The third kappa shape index (κ3) is 3.88. The summed E-state index contributed by atoms with van der Waals surface area (Å²) >= 11 is 0. The summed E-state index contributed by atoms with van der Waals surface area (Å²) in [7, 11) is 0. The third-order valence-corrected chi connectivity index (χ3v) is 3.34. The molecule has 0 spiro atoms. The van der Waals surface area contributed by atoms with Crippen LogP contribution in [0.5, 0.6) is 11.5 Å². The second-order valence-electron chi connectivity index (χ2n) is 4.72. The molecule has 0 atom stereocenters. The van der Waals surface area contributed by atoms with E-state index in [1.807, 2.05) is 44.2 Å². The number of hydrogen-bond donors (Lipinski definition) is 0. The van der Waals surface area contributed by atoms with Crippen LogP contribution in [0.4, 0.5) is 0 Å². The highest BCUT2D eigenvalue weighted by Crippen LogP contribution is 2.28. The predicted octanol–water partition coefficient (Wildman–Crippen LogP) is 4.80. The van der Waals surface area contributed by atoms with Crippen LogP contribution >= 0.6 is 0 Å². The van der Waals surface area contributed by atoms with Crippen molar-refractivity contribution < 1.29 is 9.47 Å². The number of allylic oxidation sites excluding steroid dienone is 1. The van der Waals surface area contributed by atoms with Crippen molar-refractivity contribution in [3.05, 3.63) is 72.3 Å². The maximum atomic E-state index is 5.48. The third-order valence-electron chi connectivity index (χ3n) is 3.34. The molecule has 0 aliphatic carbocycles. The lowest BCUT2D eigenvalue weighted by Crippen LogP contribution is -1.99. The maximum absolute atomic E-state index is 5.48. The van der Waals surface area contributed by atoms with Crippen LogP contribution in [-0.2, 0) is 0 Å². The predicted molar refractivity (Wildman–Crippen MR) is 87.3 cm³/mol. The molecule has 0 amide bonds. The van der Waals surface area contributed by atoms with Gasteiger partial charge in [0.1, 0.15) is 11.5 Å². The van der Waals surface area contributed by atoms with Gasteiger partial charge in [-0.3, -0.25) is 0 Å². The molecule has 2 nitrogen and oxygen atoms in total. The molecular formula is C19H22O2. The van der Waals surface area contributed by atoms with Gasteiger partial charge < -0.3 is 9.47 Å². The first-order chi connectivity index (χ1) is 10.3. The summed E-state index contributed by atoms with van der Waals surface area (Å²) in [5, 5.41) is 0. The fourth-order valence-electron chi connectivity index (χ4n) is 2.34. The zero-order valence-electron chi connectivity index (χ0n) is 12.7. The lowest BCUT2D eigenvalue weighted by atomic mass is 9.91. The van der Waals surface area contributed by atoms with E-state index in [-0.39, 0.29) is 5.92 Å². The van der Waals surface area contributed by atoms with E-state index in [1.54, 1.807) is 0 Å². The monoisotopic (exact) mass is 282 g/mol. The number of benzene rings is 2. The Morgan fingerprint density at radius 2 is 1.19 bits per heavy atom. The van der Waals surface area contributed by atoms with Crippen molar-refractivity contribution in [2.45, 2.75) is 19.8 Å². The molecule has 0 aliphatic heterocycles. The SMILES string of the molecule is C=CC(c1ccc(OCC)cc1)c1ccc(OCC)cc1. The van der Waals surface area contributed by atoms with Crippen LogP contribution in [0.2, 0.25) is 0 Å². The van der Waals surface area contributed by atoms with E-state index in [0.717, 1.165) is 11.5 Å². The minimum atomic E-state index is 0.177. The number of rotatable bonds is 7. The molecule has 0 N–H and O–H groups in total. The molecule has 2 aromatic rings. The average Bonchev–Trinajstić information content (AvgIpc) is 2.52. The fraction of sp³-hybridized carbons (Fsp3) is 0.263. The van der Waals surface area contributed by atoms with Gasteiger partial charge in [-0.1, -0.05) is 30.3 Å². The van der Waals surface area contributed by atoms with Gasteiger partial charge in [0.15, 0.2) is 0 Å². The van der Waals surface area contributed by atoms with Gasteiger partial charge in [-0.2, -0.15) is 0 Å². The van der Waals surface area contributed by atoms with Crippen molar-refractivity contribution in [2.24, 2.45) is 0 Å². The van der Waals surface area contributed by atoms with Gasteiger partial charge in [-0.25, -0.2) is 0 Å². The average molecular weight is 282 g/mol. The Morgan fingerprint density at radius 3 is 1.48 bits per heavy atom. The van der Waals surface area contributed by atoms with Gasteiger partial charge in [0.25, 0.3) is 0 Å². The lowest BCUT2D eigenvalue weighted by Gasteiger charge is -2.15. The van der Waals surface area contributed by atoms with Crippen molar-refractivity contribution in [2.75, 3.05) is 13.2 Å². The van der Waals surface area contributed by atoms with Crippen LogP contribution in [0.25, 0.3) is 0 Å². The number of hydrogen-bond acceptors (Lipinski definition) is 2. The van der Waals surface area contributed by atoms with Gasteiger partial charge in [-0.05, 0) is 49.2 Å². The highest BCUT2D eigenvalue weighted by molar-refractivity contribution is 5.40. The zero-order valence-corrected chi connectivity index (χ0v) is 12.7. The summed E-state index contributed by atoms with van der Waals surface area (Å²) in [6.07, 6.45) is 1.96. The van der Waals surface area contributed by atoms with Crippen LogP contribution in [0, 0.1) is 0 Å². The van der Waals surface area contributed by atoms with Gasteiger partial charge in [-0.15, -0.1) is 6.58 Å². The lowest BCUT2D eigenvalue weighted by molar-refractivity contribution is 0.340. The Hall–Kier alpha value is -2.22. The van der Waals surface area contributed by atoms with Gasteiger partial charge in [0.2, 0.25) is 0 Å². The van der Waals surface area contributed by atoms with Crippen LogP contribution < -0.4 is 9.47 Å². The fourth-order valence-corrected chi connectivity index (χ4v) is 2.34. The molecule has 2 aromatic carbocycles. The highest BCUT2D eigenvalue weighted by Gasteiger charge is 2.10. The van der Waals surface area contributed by atoms with Gasteiger partial charge in [0.05, 0.1) is 13.2 Å². The van der Waals surface area contributed by atoms with Crippen molar-refractivity contribution in [1.29, 1.82) is 0 Å². The molecule has 0 saturated carbocycles. The summed E-state index contributed by atoms with van der Waals surface area (Å²) in [4.78, 5) is 0. The first-order valence-corrected chi connectivity index (χ1v) is 7.36. The summed E-state index contributed by atoms with van der Waals surface area (Å²) in [5.74, 6) is 1.97. The standard InChI is InChI=1S/C19H22O2/c1-4-19(15-7-11-17(12-8-15)20-5-2)16-9-13-18(14-10-16)21-6-3/h4,7-14,19H,1,5-6H2,2-3H3. The van der Waals surface area contributed by atoms with Crippen LogP contribution in [0.15, 0.2) is 61.2 Å². The second kappa shape index (κ2) is 7.53. The molecule has 0 radical (unpaired) electrons. The Balaban J connectivity index is 2.20. The topological polar surface area (TPSA) is 18.5 Å². The molecule has 0 heterocycles. The van der Waals surface area contributed by atoms with Gasteiger partial charge in [0, 0.05) is 5.92 Å².